The molecule has 2 aliphatic rings. The van der Waals surface area contributed by atoms with Crippen LogP contribution in [-0.2, 0) is 11.2 Å². The molecule has 2 aliphatic carbocycles. The summed E-state index contributed by atoms with van der Waals surface area (Å²) >= 11 is 5.84. The maximum Gasteiger partial charge on any atom is 0.142 e. The molecule has 0 spiro atoms. The first-order valence-electron chi connectivity index (χ1n) is 5.88. The van der Waals surface area contributed by atoms with Crippen LogP contribution < -0.4 is 0 Å². The highest BCUT2D eigenvalue weighted by Crippen LogP contribution is 2.63. The molecule has 16 heavy (non-hydrogen) atoms. The number of rotatable bonds is 2. The van der Waals surface area contributed by atoms with Crippen molar-refractivity contribution in [2.45, 2.75) is 26.2 Å². The van der Waals surface area contributed by atoms with Gasteiger partial charge in [-0.05, 0) is 42.9 Å². The van der Waals surface area contributed by atoms with Gasteiger partial charge in [0, 0.05) is 16.4 Å². The highest BCUT2D eigenvalue weighted by molar-refractivity contribution is 6.30. The van der Waals surface area contributed by atoms with Crippen molar-refractivity contribution < 1.29 is 4.79 Å². The number of hydrogen-bond acceptors (Lipinski definition) is 1. The molecule has 84 valence electrons. The molecule has 3 atom stereocenters. The third-order valence-corrected chi connectivity index (χ3v) is 4.56. The Kier molecular flexibility index (Phi) is 2.16. The van der Waals surface area contributed by atoms with Crippen LogP contribution in [0.4, 0.5) is 0 Å². The monoisotopic (exact) mass is 234 g/mol. The van der Waals surface area contributed by atoms with Gasteiger partial charge in [0.25, 0.3) is 0 Å². The van der Waals surface area contributed by atoms with Gasteiger partial charge >= 0.3 is 0 Å². The molecular formula is C14H15ClO. The van der Waals surface area contributed by atoms with E-state index in [1.165, 1.54) is 5.56 Å². The predicted octanol–water partition coefficient (Wildman–Crippen LogP) is 3.50. The number of fused-ring (bicyclic) bond motifs is 1. The van der Waals surface area contributed by atoms with E-state index in [1.807, 2.05) is 24.3 Å². The number of benzene rings is 1. The lowest BCUT2D eigenvalue weighted by Gasteiger charge is -2.12. The first-order chi connectivity index (χ1) is 7.59. The summed E-state index contributed by atoms with van der Waals surface area (Å²) in [5.74, 6) is 1.43. The van der Waals surface area contributed by atoms with Gasteiger partial charge < -0.3 is 0 Å². The number of carbonyl (C=O) groups is 1. The molecule has 0 aliphatic heterocycles. The molecule has 0 heterocycles. The maximum atomic E-state index is 12.1. The highest BCUT2D eigenvalue weighted by Gasteiger charge is 2.62. The minimum atomic E-state index is 0.0527. The molecule has 2 saturated carbocycles. The molecule has 1 nitrogen and oxygen atoms in total. The number of halogens is 1. The minimum Gasteiger partial charge on any atom is -0.299 e. The fourth-order valence-corrected chi connectivity index (χ4v) is 3.22. The third-order valence-electron chi connectivity index (χ3n) is 4.31. The number of ketones is 1. The Labute approximate surface area is 101 Å². The summed E-state index contributed by atoms with van der Waals surface area (Å²) in [4.78, 5) is 12.1. The zero-order valence-corrected chi connectivity index (χ0v) is 10.1. The van der Waals surface area contributed by atoms with Gasteiger partial charge in [-0.2, -0.15) is 0 Å². The Morgan fingerprint density at radius 2 is 2.06 bits per heavy atom. The molecule has 0 N–H and O–H groups in total. The fourth-order valence-electron chi connectivity index (χ4n) is 3.10. The second-order valence-corrected chi connectivity index (χ2v) is 5.88. The van der Waals surface area contributed by atoms with Crippen LogP contribution >= 0.6 is 11.6 Å². The van der Waals surface area contributed by atoms with Crippen molar-refractivity contribution in [3.63, 3.8) is 0 Å². The van der Waals surface area contributed by atoms with Crippen LogP contribution in [0.25, 0.3) is 0 Å². The zero-order valence-electron chi connectivity index (χ0n) is 9.37. The van der Waals surface area contributed by atoms with Gasteiger partial charge in [0.15, 0.2) is 0 Å². The van der Waals surface area contributed by atoms with E-state index in [9.17, 15) is 4.79 Å². The predicted molar refractivity (Wildman–Crippen MR) is 64.5 cm³/mol. The van der Waals surface area contributed by atoms with Gasteiger partial charge in [-0.25, -0.2) is 0 Å². The molecule has 3 rings (SSSR count). The topological polar surface area (TPSA) is 17.1 Å². The average molecular weight is 235 g/mol. The first kappa shape index (κ1) is 10.3. The summed E-state index contributed by atoms with van der Waals surface area (Å²) in [7, 11) is 0. The largest absolute Gasteiger partial charge is 0.299 e. The van der Waals surface area contributed by atoms with E-state index in [2.05, 4.69) is 6.92 Å². The maximum absolute atomic E-state index is 12.1. The smallest absolute Gasteiger partial charge is 0.142 e. The van der Waals surface area contributed by atoms with Gasteiger partial charge in [-0.3, -0.25) is 4.79 Å². The Bertz CT molecular complexity index is 437. The SMILES string of the molecule is CC12CC1CC(Cc1ccc(Cl)cc1)C2=O. The molecule has 0 saturated heterocycles. The first-order valence-corrected chi connectivity index (χ1v) is 6.26. The second kappa shape index (κ2) is 3.33. The summed E-state index contributed by atoms with van der Waals surface area (Å²) in [5.41, 5.74) is 1.28. The molecule has 1 aromatic rings. The van der Waals surface area contributed by atoms with Crippen LogP contribution in [0, 0.1) is 17.3 Å². The summed E-state index contributed by atoms with van der Waals surface area (Å²) in [6, 6.07) is 7.86. The van der Waals surface area contributed by atoms with E-state index in [4.69, 9.17) is 11.6 Å². The Morgan fingerprint density at radius 1 is 1.38 bits per heavy atom. The number of hydrogen-bond donors (Lipinski definition) is 0. The minimum absolute atomic E-state index is 0.0527. The highest BCUT2D eigenvalue weighted by atomic mass is 35.5. The average Bonchev–Trinajstić information content (AvgIpc) is 2.85. The summed E-state index contributed by atoms with van der Waals surface area (Å²) in [6.07, 6.45) is 3.11. The van der Waals surface area contributed by atoms with Crippen molar-refractivity contribution in [2.75, 3.05) is 0 Å². The second-order valence-electron chi connectivity index (χ2n) is 5.45. The summed E-state index contributed by atoms with van der Waals surface area (Å²) in [5, 5.41) is 0.760. The lowest BCUT2D eigenvalue weighted by Crippen LogP contribution is -2.19. The van der Waals surface area contributed by atoms with Crippen LogP contribution in [-0.4, -0.2) is 5.78 Å². The standard InChI is InChI=1S/C14H15ClO/c1-14-8-11(14)7-10(13(14)16)6-9-2-4-12(15)5-3-9/h2-5,10-11H,6-8H2,1H3. The van der Waals surface area contributed by atoms with Crippen molar-refractivity contribution in [2.24, 2.45) is 17.3 Å². The molecule has 0 bridgehead atoms. The molecule has 2 heteroatoms. The van der Waals surface area contributed by atoms with Crippen LogP contribution in [0.3, 0.4) is 0 Å². The van der Waals surface area contributed by atoms with E-state index < -0.39 is 0 Å². The van der Waals surface area contributed by atoms with Gasteiger partial charge in [-0.1, -0.05) is 30.7 Å². The molecule has 2 fully saturated rings. The zero-order chi connectivity index (χ0) is 11.3. The van der Waals surface area contributed by atoms with Crippen LogP contribution in [0.5, 0.6) is 0 Å². The van der Waals surface area contributed by atoms with Crippen molar-refractivity contribution >= 4 is 17.4 Å². The van der Waals surface area contributed by atoms with Crippen LogP contribution in [0.15, 0.2) is 24.3 Å². The number of carbonyl (C=O) groups excluding carboxylic acids is 1. The summed E-state index contributed by atoms with van der Waals surface area (Å²) < 4.78 is 0. The fraction of sp³-hybridized carbons (Fsp3) is 0.500. The molecule has 1 aromatic carbocycles. The molecule has 0 aromatic heterocycles. The van der Waals surface area contributed by atoms with E-state index in [-0.39, 0.29) is 11.3 Å². The van der Waals surface area contributed by atoms with Crippen molar-refractivity contribution in [1.29, 1.82) is 0 Å². The van der Waals surface area contributed by atoms with E-state index in [0.29, 0.717) is 11.7 Å². The van der Waals surface area contributed by atoms with Crippen molar-refractivity contribution in [3.05, 3.63) is 34.9 Å². The Balaban J connectivity index is 1.73. The van der Waals surface area contributed by atoms with E-state index in [0.717, 1.165) is 24.3 Å². The quantitative estimate of drug-likeness (QED) is 0.766. The van der Waals surface area contributed by atoms with Crippen LogP contribution in [0.2, 0.25) is 5.02 Å². The molecule has 3 unspecified atom stereocenters. The third kappa shape index (κ3) is 1.49. The van der Waals surface area contributed by atoms with Gasteiger partial charge in [0.2, 0.25) is 0 Å². The molecule has 0 radical (unpaired) electrons. The van der Waals surface area contributed by atoms with Gasteiger partial charge in [-0.15, -0.1) is 0 Å². The summed E-state index contributed by atoms with van der Waals surface area (Å²) in [6.45, 7) is 2.13. The van der Waals surface area contributed by atoms with Crippen molar-refractivity contribution in [1.82, 2.24) is 0 Å². The van der Waals surface area contributed by atoms with Crippen LogP contribution in [0.1, 0.15) is 25.3 Å². The lowest BCUT2D eigenvalue weighted by atomic mass is 9.91. The lowest BCUT2D eigenvalue weighted by molar-refractivity contribution is -0.125. The Hall–Kier alpha value is -0.820. The van der Waals surface area contributed by atoms with E-state index in [1.54, 1.807) is 0 Å². The van der Waals surface area contributed by atoms with Gasteiger partial charge in [0.05, 0.1) is 0 Å². The molecule has 0 amide bonds. The Morgan fingerprint density at radius 3 is 2.62 bits per heavy atom. The normalized spacial score (nSPS) is 36.2. The van der Waals surface area contributed by atoms with Crippen molar-refractivity contribution in [3.8, 4) is 0 Å². The van der Waals surface area contributed by atoms with E-state index >= 15 is 0 Å². The molecular weight excluding hydrogens is 220 g/mol. The number of Topliss-reactive ketones (excluding diaryl/α,β-unsaturated/α-hetero) is 1. The van der Waals surface area contributed by atoms with Gasteiger partial charge in [0.1, 0.15) is 5.78 Å².